The van der Waals surface area contributed by atoms with Crippen LogP contribution in [0.2, 0.25) is 5.02 Å². The molecule has 0 atom stereocenters. The number of benzene rings is 1. The lowest BCUT2D eigenvalue weighted by Crippen LogP contribution is -2.26. The van der Waals surface area contributed by atoms with Crippen LogP contribution in [0.25, 0.3) is 22.0 Å². The van der Waals surface area contributed by atoms with Crippen molar-refractivity contribution in [2.75, 3.05) is 12.3 Å². The van der Waals surface area contributed by atoms with Gasteiger partial charge in [0, 0.05) is 29.1 Å². The number of carbonyl (C=O) groups excluding carboxylic acids is 1. The van der Waals surface area contributed by atoms with E-state index in [1.165, 1.54) is 30.6 Å². The molecule has 25 heavy (non-hydrogen) atoms. The molecule has 3 N–H and O–H groups in total. The Kier molecular flexibility index (Phi) is 4.76. The van der Waals surface area contributed by atoms with Gasteiger partial charge in [0.1, 0.15) is 11.5 Å². The summed E-state index contributed by atoms with van der Waals surface area (Å²) < 4.78 is 14.5. The molecule has 0 fully saturated rings. The average Bonchev–Trinajstić information content (AvgIpc) is 2.61. The summed E-state index contributed by atoms with van der Waals surface area (Å²) in [6.45, 7) is 2.46. The molecule has 0 unspecified atom stereocenters. The predicted molar refractivity (Wildman–Crippen MR) is 94.8 cm³/mol. The quantitative estimate of drug-likeness (QED) is 0.746. The highest BCUT2D eigenvalue weighted by Gasteiger charge is 2.20. The predicted octanol–water partition coefficient (Wildman–Crippen LogP) is 3.21. The minimum atomic E-state index is -0.528. The third kappa shape index (κ3) is 3.10. The molecule has 0 spiro atoms. The monoisotopic (exact) mass is 359 g/mol. The summed E-state index contributed by atoms with van der Waals surface area (Å²) in [4.78, 5) is 16.3. The number of halogens is 2. The van der Waals surface area contributed by atoms with Gasteiger partial charge in [-0.25, -0.2) is 9.37 Å². The lowest BCUT2D eigenvalue weighted by Gasteiger charge is -2.12. The maximum Gasteiger partial charge on any atom is 0.272 e. The number of amides is 1. The number of rotatable bonds is 4. The van der Waals surface area contributed by atoms with Gasteiger partial charge in [-0.05, 0) is 24.6 Å². The molecule has 3 aromatic rings. The summed E-state index contributed by atoms with van der Waals surface area (Å²) in [6.07, 6.45) is 3.60. The third-order valence-electron chi connectivity index (χ3n) is 3.72. The normalized spacial score (nSPS) is 10.8. The minimum absolute atomic E-state index is 0.101. The first-order valence-corrected chi connectivity index (χ1v) is 8.04. The van der Waals surface area contributed by atoms with Crippen LogP contribution in [0, 0.1) is 5.82 Å². The van der Waals surface area contributed by atoms with E-state index in [2.05, 4.69) is 20.5 Å². The second-order valence-electron chi connectivity index (χ2n) is 5.39. The Balaban J connectivity index is 2.21. The SMILES string of the molecule is CCCNC(=O)c1ncc2c(-c3nnccc3Cl)c(F)ccc2c1N. The number of nitrogens with two attached hydrogens (primary N) is 1. The Morgan fingerprint density at radius 1 is 1.32 bits per heavy atom. The molecule has 8 heteroatoms. The molecule has 0 radical (unpaired) electrons. The van der Waals surface area contributed by atoms with E-state index in [0.717, 1.165) is 6.42 Å². The number of hydrogen-bond donors (Lipinski definition) is 2. The molecule has 2 aromatic heterocycles. The second kappa shape index (κ2) is 6.98. The largest absolute Gasteiger partial charge is 0.396 e. The fraction of sp³-hybridized carbons (Fsp3) is 0.176. The van der Waals surface area contributed by atoms with E-state index in [1.54, 1.807) is 0 Å². The fourth-order valence-electron chi connectivity index (χ4n) is 2.52. The molecule has 0 aliphatic rings. The number of hydrogen-bond acceptors (Lipinski definition) is 5. The molecule has 2 heterocycles. The Labute approximate surface area is 148 Å². The Bertz CT molecular complexity index is 963. The van der Waals surface area contributed by atoms with Crippen molar-refractivity contribution in [3.05, 3.63) is 47.1 Å². The van der Waals surface area contributed by atoms with Crippen molar-refractivity contribution >= 4 is 34.0 Å². The van der Waals surface area contributed by atoms with Crippen LogP contribution in [0.1, 0.15) is 23.8 Å². The topological polar surface area (TPSA) is 93.8 Å². The van der Waals surface area contributed by atoms with E-state index in [4.69, 9.17) is 17.3 Å². The maximum absolute atomic E-state index is 14.5. The number of anilines is 1. The molecule has 0 aliphatic heterocycles. The lowest BCUT2D eigenvalue weighted by atomic mass is 10.0. The van der Waals surface area contributed by atoms with Crippen molar-refractivity contribution in [1.82, 2.24) is 20.5 Å². The van der Waals surface area contributed by atoms with Crippen molar-refractivity contribution < 1.29 is 9.18 Å². The highest BCUT2D eigenvalue weighted by molar-refractivity contribution is 6.33. The summed E-state index contributed by atoms with van der Waals surface area (Å²) in [6, 6.07) is 4.28. The van der Waals surface area contributed by atoms with Crippen LogP contribution in [0.3, 0.4) is 0 Å². The van der Waals surface area contributed by atoms with E-state index in [-0.39, 0.29) is 33.6 Å². The van der Waals surface area contributed by atoms with Crippen LogP contribution in [-0.4, -0.2) is 27.6 Å². The zero-order chi connectivity index (χ0) is 18.0. The van der Waals surface area contributed by atoms with E-state index >= 15 is 0 Å². The van der Waals surface area contributed by atoms with E-state index < -0.39 is 5.82 Å². The van der Waals surface area contributed by atoms with Crippen LogP contribution in [0.4, 0.5) is 10.1 Å². The van der Waals surface area contributed by atoms with Crippen molar-refractivity contribution in [3.8, 4) is 11.3 Å². The first-order chi connectivity index (χ1) is 12.0. The van der Waals surface area contributed by atoms with E-state index in [0.29, 0.717) is 17.3 Å². The molecular weight excluding hydrogens is 345 g/mol. The molecular formula is C17H15ClFN5O. The molecule has 3 rings (SSSR count). The van der Waals surface area contributed by atoms with Crippen molar-refractivity contribution in [1.29, 1.82) is 0 Å². The van der Waals surface area contributed by atoms with Gasteiger partial charge in [-0.3, -0.25) is 4.79 Å². The summed E-state index contributed by atoms with van der Waals surface area (Å²) in [5.74, 6) is -0.899. The highest BCUT2D eigenvalue weighted by atomic mass is 35.5. The molecule has 0 bridgehead atoms. The zero-order valence-electron chi connectivity index (χ0n) is 13.4. The van der Waals surface area contributed by atoms with Crippen molar-refractivity contribution in [2.24, 2.45) is 0 Å². The van der Waals surface area contributed by atoms with Gasteiger partial charge in [-0.1, -0.05) is 18.5 Å². The Morgan fingerprint density at radius 2 is 2.12 bits per heavy atom. The van der Waals surface area contributed by atoms with Gasteiger partial charge >= 0.3 is 0 Å². The maximum atomic E-state index is 14.5. The van der Waals surface area contributed by atoms with Crippen LogP contribution < -0.4 is 11.1 Å². The molecule has 0 saturated carbocycles. The van der Waals surface area contributed by atoms with E-state index in [1.807, 2.05) is 6.92 Å². The molecule has 1 amide bonds. The van der Waals surface area contributed by atoms with Gasteiger partial charge in [-0.2, -0.15) is 5.10 Å². The lowest BCUT2D eigenvalue weighted by molar-refractivity contribution is 0.0950. The smallest absolute Gasteiger partial charge is 0.272 e. The highest BCUT2D eigenvalue weighted by Crippen LogP contribution is 2.36. The van der Waals surface area contributed by atoms with Gasteiger partial charge in [0.15, 0.2) is 5.69 Å². The van der Waals surface area contributed by atoms with Crippen LogP contribution in [0.15, 0.2) is 30.6 Å². The van der Waals surface area contributed by atoms with Crippen LogP contribution in [0.5, 0.6) is 0 Å². The Hall–Kier alpha value is -2.80. The zero-order valence-corrected chi connectivity index (χ0v) is 14.1. The van der Waals surface area contributed by atoms with E-state index in [9.17, 15) is 9.18 Å². The number of fused-ring (bicyclic) bond motifs is 1. The number of nitrogen functional groups attached to an aromatic ring is 1. The van der Waals surface area contributed by atoms with Crippen molar-refractivity contribution in [3.63, 3.8) is 0 Å². The molecule has 128 valence electrons. The number of nitrogens with zero attached hydrogens (tertiary/aromatic N) is 3. The average molecular weight is 360 g/mol. The first kappa shape index (κ1) is 17.0. The van der Waals surface area contributed by atoms with Gasteiger partial charge in [-0.15, -0.1) is 5.10 Å². The van der Waals surface area contributed by atoms with Gasteiger partial charge in [0.25, 0.3) is 5.91 Å². The number of pyridine rings is 1. The van der Waals surface area contributed by atoms with Crippen molar-refractivity contribution in [2.45, 2.75) is 13.3 Å². The third-order valence-corrected chi connectivity index (χ3v) is 4.03. The van der Waals surface area contributed by atoms with Crippen LogP contribution >= 0.6 is 11.6 Å². The summed E-state index contributed by atoms with van der Waals surface area (Å²) in [7, 11) is 0. The number of nitrogens with one attached hydrogen (secondary N) is 1. The molecule has 1 aromatic carbocycles. The summed E-state index contributed by atoms with van der Waals surface area (Å²) >= 11 is 6.12. The number of carbonyl (C=O) groups is 1. The van der Waals surface area contributed by atoms with Gasteiger partial charge in [0.05, 0.1) is 16.9 Å². The standard InChI is InChI=1S/C17H15ClFN5O/c1-2-6-21-17(25)16-14(20)9-3-4-12(19)13(10(9)8-22-16)15-11(18)5-7-23-24-15/h3-5,7-8H,2,6,20H2,1H3,(H,21,25). The number of aromatic nitrogens is 3. The molecule has 6 nitrogen and oxygen atoms in total. The molecule has 0 aliphatic carbocycles. The second-order valence-corrected chi connectivity index (χ2v) is 5.79. The fourth-order valence-corrected chi connectivity index (χ4v) is 2.71. The molecule has 0 saturated heterocycles. The van der Waals surface area contributed by atoms with Gasteiger partial charge < -0.3 is 11.1 Å². The summed E-state index contributed by atoms with van der Waals surface area (Å²) in [5, 5.41) is 11.6. The minimum Gasteiger partial charge on any atom is -0.396 e. The Morgan fingerprint density at radius 3 is 2.84 bits per heavy atom. The first-order valence-electron chi connectivity index (χ1n) is 7.67. The van der Waals surface area contributed by atoms with Gasteiger partial charge in [0.2, 0.25) is 0 Å². The van der Waals surface area contributed by atoms with Crippen LogP contribution in [-0.2, 0) is 0 Å². The summed E-state index contributed by atoms with van der Waals surface area (Å²) in [5.41, 5.74) is 6.73.